The van der Waals surface area contributed by atoms with E-state index in [9.17, 15) is 5.11 Å². The molecular formula is C20H23FN8O. The largest absolute Gasteiger partial charge is 0.507 e. The van der Waals surface area contributed by atoms with Gasteiger partial charge in [-0.05, 0) is 38.3 Å². The predicted molar refractivity (Wildman–Crippen MR) is 108 cm³/mol. The summed E-state index contributed by atoms with van der Waals surface area (Å²) in [5, 5.41) is 29.8. The number of rotatable bonds is 4. The molecule has 9 nitrogen and oxygen atoms in total. The van der Waals surface area contributed by atoms with E-state index in [0.717, 1.165) is 19.3 Å². The van der Waals surface area contributed by atoms with Gasteiger partial charge >= 0.3 is 0 Å². The Hall–Kier alpha value is -3.14. The van der Waals surface area contributed by atoms with Gasteiger partial charge in [0, 0.05) is 24.7 Å². The summed E-state index contributed by atoms with van der Waals surface area (Å²) in [7, 11) is 1.84. The van der Waals surface area contributed by atoms with Crippen LogP contribution in [0.5, 0.6) is 5.75 Å². The van der Waals surface area contributed by atoms with E-state index < -0.39 is 11.7 Å². The number of nitrogens with one attached hydrogen (secondary N) is 1. The van der Waals surface area contributed by atoms with Crippen molar-refractivity contribution < 1.29 is 9.50 Å². The van der Waals surface area contributed by atoms with E-state index >= 15 is 4.39 Å². The average molecular weight is 410 g/mol. The van der Waals surface area contributed by atoms with Crippen LogP contribution >= 0.6 is 0 Å². The molecule has 10 heteroatoms. The van der Waals surface area contributed by atoms with Crippen LogP contribution in [0.1, 0.15) is 26.2 Å². The number of alkyl halides is 1. The molecule has 2 saturated heterocycles. The summed E-state index contributed by atoms with van der Waals surface area (Å²) in [5.41, 5.74) is 0.693. The number of halogens is 1. The van der Waals surface area contributed by atoms with Gasteiger partial charge in [-0.2, -0.15) is 0 Å². The highest BCUT2D eigenvalue weighted by Crippen LogP contribution is 2.40. The van der Waals surface area contributed by atoms with Crippen molar-refractivity contribution in [3.8, 4) is 22.8 Å². The zero-order chi connectivity index (χ0) is 20.9. The lowest BCUT2D eigenvalue weighted by atomic mass is 9.86. The molecule has 0 saturated carbocycles. The molecule has 156 valence electrons. The summed E-state index contributed by atoms with van der Waals surface area (Å²) >= 11 is 0. The second-order valence-electron chi connectivity index (χ2n) is 8.32. The summed E-state index contributed by atoms with van der Waals surface area (Å²) in [5.74, 6) is 0.835. The van der Waals surface area contributed by atoms with Crippen LogP contribution in [0, 0.1) is 0 Å². The predicted octanol–water partition coefficient (Wildman–Crippen LogP) is 1.88. The molecule has 30 heavy (non-hydrogen) atoms. The summed E-state index contributed by atoms with van der Waals surface area (Å²) < 4.78 is 16.9. The lowest BCUT2D eigenvalue weighted by Crippen LogP contribution is -2.62. The molecule has 0 amide bonds. The second-order valence-corrected chi connectivity index (χ2v) is 8.32. The molecule has 5 rings (SSSR count). The molecule has 2 aromatic heterocycles. The zero-order valence-corrected chi connectivity index (χ0v) is 16.8. The molecule has 2 fully saturated rings. The SMILES string of the molecule is CN(c1cnc(-c2ccc(-n3cnnc3)cc2O)nn1)[C@H]1CC2CC[C@@](C)(N2)[C@H]1F. The van der Waals surface area contributed by atoms with E-state index in [1.165, 1.54) is 0 Å². The fourth-order valence-electron chi connectivity index (χ4n) is 4.60. The fraction of sp³-hybridized carbons (Fsp3) is 0.450. The van der Waals surface area contributed by atoms with Gasteiger partial charge in [0.05, 0.1) is 23.5 Å². The molecule has 0 spiro atoms. The van der Waals surface area contributed by atoms with Crippen LogP contribution in [0.3, 0.4) is 0 Å². The third kappa shape index (κ3) is 3.07. The number of anilines is 1. The molecular weight excluding hydrogens is 387 g/mol. The molecule has 2 N–H and O–H groups in total. The minimum atomic E-state index is -1.00. The van der Waals surface area contributed by atoms with Crippen molar-refractivity contribution in [1.82, 2.24) is 35.3 Å². The van der Waals surface area contributed by atoms with Gasteiger partial charge in [-0.15, -0.1) is 20.4 Å². The quantitative estimate of drug-likeness (QED) is 0.672. The van der Waals surface area contributed by atoms with Gasteiger partial charge in [0.25, 0.3) is 0 Å². The Morgan fingerprint density at radius 2 is 2.07 bits per heavy atom. The summed E-state index contributed by atoms with van der Waals surface area (Å²) in [6.07, 6.45) is 6.23. The standard InChI is InChI=1S/C20H23FN8O/c1-20-6-5-12(25-20)7-15(18(20)21)28(2)17-9-22-19(27-26-17)14-4-3-13(8-16(14)30)29-10-23-24-11-29/h3-4,8-12,15,18,25,30H,5-7H2,1-2H3/t12?,15-,18-,20+/m0/s1. The number of hydrogen-bond donors (Lipinski definition) is 2. The van der Waals surface area contributed by atoms with Crippen molar-refractivity contribution >= 4 is 5.82 Å². The number of phenolic OH excluding ortho intramolecular Hbond substituents is 1. The van der Waals surface area contributed by atoms with Crippen molar-refractivity contribution in [2.45, 2.75) is 50.0 Å². The van der Waals surface area contributed by atoms with E-state index in [1.807, 2.05) is 18.9 Å². The van der Waals surface area contributed by atoms with Crippen LogP contribution in [-0.2, 0) is 0 Å². The molecule has 2 aliphatic rings. The highest BCUT2D eigenvalue weighted by Gasteiger charge is 2.51. The molecule has 1 unspecified atom stereocenters. The Morgan fingerprint density at radius 1 is 1.27 bits per heavy atom. The number of fused-ring (bicyclic) bond motifs is 2. The first kappa shape index (κ1) is 18.9. The smallest absolute Gasteiger partial charge is 0.185 e. The van der Waals surface area contributed by atoms with E-state index in [0.29, 0.717) is 28.9 Å². The van der Waals surface area contributed by atoms with Crippen LogP contribution in [0.15, 0.2) is 37.1 Å². The minimum absolute atomic E-state index is 0.0239. The Kier molecular flexibility index (Phi) is 4.39. The van der Waals surface area contributed by atoms with Crippen LogP contribution in [-0.4, -0.2) is 65.9 Å². The molecule has 2 bridgehead atoms. The number of benzene rings is 1. The van der Waals surface area contributed by atoms with Crippen LogP contribution in [0.4, 0.5) is 10.2 Å². The van der Waals surface area contributed by atoms with Gasteiger partial charge < -0.3 is 15.3 Å². The Labute approximate surface area is 173 Å². The number of phenols is 1. The average Bonchev–Trinajstić information content (AvgIpc) is 3.40. The maximum atomic E-state index is 15.2. The van der Waals surface area contributed by atoms with Crippen molar-refractivity contribution in [3.63, 3.8) is 0 Å². The van der Waals surface area contributed by atoms with E-state index in [4.69, 9.17) is 0 Å². The maximum absolute atomic E-state index is 15.2. The molecule has 0 aliphatic carbocycles. The fourth-order valence-corrected chi connectivity index (χ4v) is 4.60. The molecule has 1 aromatic carbocycles. The van der Waals surface area contributed by atoms with Crippen molar-refractivity contribution in [2.75, 3.05) is 11.9 Å². The Bertz CT molecular complexity index is 1040. The summed E-state index contributed by atoms with van der Waals surface area (Å²) in [4.78, 5) is 6.20. The molecule has 4 atom stereocenters. The number of hydrogen-bond acceptors (Lipinski definition) is 8. The third-order valence-corrected chi connectivity index (χ3v) is 6.37. The van der Waals surface area contributed by atoms with E-state index in [2.05, 4.69) is 30.7 Å². The molecule has 3 aromatic rings. The molecule has 4 heterocycles. The van der Waals surface area contributed by atoms with Gasteiger partial charge in [-0.3, -0.25) is 4.57 Å². The number of piperidine rings is 1. The minimum Gasteiger partial charge on any atom is -0.507 e. The zero-order valence-electron chi connectivity index (χ0n) is 16.8. The molecule has 2 aliphatic heterocycles. The normalized spacial score (nSPS) is 27.9. The van der Waals surface area contributed by atoms with Gasteiger partial charge in [-0.1, -0.05) is 0 Å². The highest BCUT2D eigenvalue weighted by molar-refractivity contribution is 5.66. The van der Waals surface area contributed by atoms with Crippen molar-refractivity contribution in [3.05, 3.63) is 37.1 Å². The third-order valence-electron chi connectivity index (χ3n) is 6.37. The second kappa shape index (κ2) is 6.98. The number of aromatic nitrogens is 6. The molecule has 0 radical (unpaired) electrons. The summed E-state index contributed by atoms with van der Waals surface area (Å²) in [6.45, 7) is 1.96. The lowest BCUT2D eigenvalue weighted by molar-refractivity contribution is 0.111. The van der Waals surface area contributed by atoms with Crippen molar-refractivity contribution in [2.24, 2.45) is 0 Å². The van der Waals surface area contributed by atoms with Crippen LogP contribution < -0.4 is 10.2 Å². The highest BCUT2D eigenvalue weighted by atomic mass is 19.1. The van der Waals surface area contributed by atoms with Gasteiger partial charge in [0.15, 0.2) is 11.6 Å². The summed E-state index contributed by atoms with van der Waals surface area (Å²) in [6, 6.07) is 5.16. The maximum Gasteiger partial charge on any atom is 0.185 e. The first-order chi connectivity index (χ1) is 14.4. The topological polar surface area (TPSA) is 105 Å². The van der Waals surface area contributed by atoms with Gasteiger partial charge in [0.1, 0.15) is 24.6 Å². The first-order valence-corrected chi connectivity index (χ1v) is 9.97. The van der Waals surface area contributed by atoms with Gasteiger partial charge in [0.2, 0.25) is 0 Å². The van der Waals surface area contributed by atoms with Gasteiger partial charge in [-0.25, -0.2) is 9.37 Å². The van der Waals surface area contributed by atoms with E-state index in [1.54, 1.807) is 41.6 Å². The Morgan fingerprint density at radius 3 is 2.77 bits per heavy atom. The lowest BCUT2D eigenvalue weighted by Gasteiger charge is -2.43. The Balaban J connectivity index is 1.37. The van der Waals surface area contributed by atoms with Crippen LogP contribution in [0.2, 0.25) is 0 Å². The van der Waals surface area contributed by atoms with Crippen molar-refractivity contribution in [1.29, 1.82) is 0 Å². The van der Waals surface area contributed by atoms with Crippen LogP contribution in [0.25, 0.3) is 17.1 Å². The monoisotopic (exact) mass is 410 g/mol. The number of aromatic hydroxyl groups is 1. The first-order valence-electron chi connectivity index (χ1n) is 9.97. The van der Waals surface area contributed by atoms with E-state index in [-0.39, 0.29) is 11.8 Å². The number of nitrogens with zero attached hydrogens (tertiary/aromatic N) is 7.